The molecule has 0 bridgehead atoms. The number of ether oxygens (including phenoxy) is 1. The van der Waals surface area contributed by atoms with Gasteiger partial charge in [0.2, 0.25) is 0 Å². The highest BCUT2D eigenvalue weighted by Gasteiger charge is 2.37. The summed E-state index contributed by atoms with van der Waals surface area (Å²) in [6.45, 7) is 0. The Hall–Kier alpha value is 0.220. The smallest absolute Gasteiger partial charge is 0.317 e. The van der Waals surface area contributed by atoms with Crippen LogP contribution in [0.1, 0.15) is 0 Å². The molecule has 0 radical (unpaired) electrons. The van der Waals surface area contributed by atoms with Gasteiger partial charge in [0.05, 0.1) is 16.7 Å². The van der Waals surface area contributed by atoms with Gasteiger partial charge < -0.3 is 10.5 Å². The Morgan fingerprint density at radius 1 is 1.82 bits per heavy atom. The fourth-order valence-corrected chi connectivity index (χ4v) is 3.64. The first-order valence-corrected chi connectivity index (χ1v) is 5.49. The highest BCUT2D eigenvalue weighted by molar-refractivity contribution is 8.84. The lowest BCUT2D eigenvalue weighted by Crippen LogP contribution is -2.33. The molecule has 1 saturated heterocycles. The quantitative estimate of drug-likeness (QED) is 0.391. The van der Waals surface area contributed by atoms with Crippen LogP contribution in [-0.4, -0.2) is 22.6 Å². The van der Waals surface area contributed by atoms with Crippen molar-refractivity contribution >= 4 is 44.0 Å². The van der Waals surface area contributed by atoms with Gasteiger partial charge in [-0.1, -0.05) is 23.0 Å². The second kappa shape index (κ2) is 3.75. The third kappa shape index (κ3) is 1.87. The topological polar surface area (TPSA) is 52.3 Å². The van der Waals surface area contributed by atoms with Crippen molar-refractivity contribution in [3.8, 4) is 0 Å². The van der Waals surface area contributed by atoms with Crippen molar-refractivity contribution in [1.29, 1.82) is 0 Å². The Kier molecular flexibility index (Phi) is 3.17. The van der Waals surface area contributed by atoms with Crippen LogP contribution in [0.25, 0.3) is 0 Å². The maximum atomic E-state index is 11.0. The van der Waals surface area contributed by atoms with E-state index >= 15 is 0 Å². The third-order valence-corrected chi connectivity index (χ3v) is 4.60. The number of thiocarbonyl (C=S) groups is 1. The molecule has 6 heteroatoms. The normalized spacial score (nSPS) is 30.5. The van der Waals surface area contributed by atoms with Crippen molar-refractivity contribution in [2.45, 2.75) is 5.37 Å². The summed E-state index contributed by atoms with van der Waals surface area (Å²) in [7, 11) is 4.13. The van der Waals surface area contributed by atoms with Crippen LogP contribution in [0.4, 0.5) is 0 Å². The molecule has 1 aliphatic rings. The molecule has 1 fully saturated rings. The Bertz CT molecular complexity index is 196. The number of carbonyl (C=O) groups is 1. The summed E-state index contributed by atoms with van der Waals surface area (Å²) in [6, 6.07) is 0. The lowest BCUT2D eigenvalue weighted by molar-refractivity contribution is -0.142. The van der Waals surface area contributed by atoms with Gasteiger partial charge in [-0.2, -0.15) is 0 Å². The van der Waals surface area contributed by atoms with E-state index in [9.17, 15) is 4.79 Å². The Morgan fingerprint density at radius 2 is 2.45 bits per heavy atom. The van der Waals surface area contributed by atoms with E-state index in [1.807, 2.05) is 0 Å². The maximum Gasteiger partial charge on any atom is 0.317 e. The van der Waals surface area contributed by atoms with Gasteiger partial charge in [0.1, 0.15) is 5.92 Å². The summed E-state index contributed by atoms with van der Waals surface area (Å²) in [5.74, 6) is -0.745. The number of nitrogens with two attached hydrogens (primary N) is 1. The first kappa shape index (κ1) is 9.31. The number of hydrogen-bond acceptors (Lipinski definition) is 6. The molecule has 0 saturated carbocycles. The van der Waals surface area contributed by atoms with Crippen molar-refractivity contribution in [2.24, 2.45) is 11.7 Å². The summed E-state index contributed by atoms with van der Waals surface area (Å²) in [5, 5.41) is -0.250. The van der Waals surface area contributed by atoms with Crippen LogP contribution in [0.2, 0.25) is 0 Å². The number of hydrogen-bond donors (Lipinski definition) is 1. The van der Waals surface area contributed by atoms with E-state index in [0.29, 0.717) is 4.20 Å². The van der Waals surface area contributed by atoms with Gasteiger partial charge in [0, 0.05) is 0 Å². The molecule has 0 amide bonds. The van der Waals surface area contributed by atoms with Crippen molar-refractivity contribution in [1.82, 2.24) is 0 Å². The van der Waals surface area contributed by atoms with E-state index in [4.69, 9.17) is 18.0 Å². The van der Waals surface area contributed by atoms with Crippen molar-refractivity contribution in [2.75, 3.05) is 7.11 Å². The van der Waals surface area contributed by atoms with Crippen LogP contribution in [-0.2, 0) is 9.53 Å². The lowest BCUT2D eigenvalue weighted by atomic mass is 10.2. The molecule has 0 aromatic heterocycles. The van der Waals surface area contributed by atoms with Crippen molar-refractivity contribution in [3.05, 3.63) is 0 Å². The van der Waals surface area contributed by atoms with Gasteiger partial charge in [-0.3, -0.25) is 4.79 Å². The van der Waals surface area contributed by atoms with Gasteiger partial charge in [0.15, 0.2) is 0 Å². The van der Waals surface area contributed by atoms with Crippen molar-refractivity contribution in [3.63, 3.8) is 0 Å². The predicted molar refractivity (Wildman–Crippen MR) is 51.3 cm³/mol. The fourth-order valence-electron chi connectivity index (χ4n) is 0.702. The molecule has 0 spiro atoms. The van der Waals surface area contributed by atoms with Crippen LogP contribution < -0.4 is 5.73 Å². The van der Waals surface area contributed by atoms with Crippen LogP contribution in [0.5, 0.6) is 0 Å². The Balaban J connectivity index is 2.68. The SMILES string of the molecule is COC(=O)[C@H]1C(=S)SS[C@@H]1N. The summed E-state index contributed by atoms with van der Waals surface area (Å²) < 4.78 is 5.16. The zero-order chi connectivity index (χ0) is 8.43. The monoisotopic (exact) mass is 209 g/mol. The van der Waals surface area contributed by atoms with Crippen LogP contribution in [0.15, 0.2) is 0 Å². The molecular weight excluding hydrogens is 202 g/mol. The van der Waals surface area contributed by atoms with Gasteiger partial charge in [-0.05, 0) is 10.8 Å². The molecule has 1 aliphatic heterocycles. The fraction of sp³-hybridized carbons (Fsp3) is 0.600. The molecular formula is C5H7NO2S3. The van der Waals surface area contributed by atoms with Crippen LogP contribution in [0, 0.1) is 5.92 Å². The predicted octanol–water partition coefficient (Wildman–Crippen LogP) is 0.783. The molecule has 1 heterocycles. The van der Waals surface area contributed by atoms with Crippen molar-refractivity contribution < 1.29 is 9.53 Å². The molecule has 0 unspecified atom stereocenters. The molecule has 0 aliphatic carbocycles. The summed E-state index contributed by atoms with van der Waals surface area (Å²) in [6.07, 6.45) is 0. The standard InChI is InChI=1S/C5H7NO2S3/c1-8-4(7)2-3(6)10-11-5(2)9/h2-3H,6H2,1H3/t2-,3-/m0/s1. The van der Waals surface area contributed by atoms with E-state index in [2.05, 4.69) is 4.74 Å². The largest absolute Gasteiger partial charge is 0.468 e. The van der Waals surface area contributed by atoms with E-state index in [-0.39, 0.29) is 11.3 Å². The van der Waals surface area contributed by atoms with E-state index < -0.39 is 5.92 Å². The molecule has 0 aromatic carbocycles. The summed E-state index contributed by atoms with van der Waals surface area (Å²) in [4.78, 5) is 11.0. The Labute approximate surface area is 77.8 Å². The molecule has 2 N–H and O–H groups in total. The molecule has 3 nitrogen and oxygen atoms in total. The lowest BCUT2D eigenvalue weighted by Gasteiger charge is -2.09. The van der Waals surface area contributed by atoms with Gasteiger partial charge in [0.25, 0.3) is 0 Å². The minimum absolute atomic E-state index is 0.250. The average Bonchev–Trinajstić information content (AvgIpc) is 2.30. The number of carbonyl (C=O) groups excluding carboxylic acids is 1. The highest BCUT2D eigenvalue weighted by atomic mass is 33.1. The summed E-state index contributed by atoms with van der Waals surface area (Å²) in [5.41, 5.74) is 5.60. The van der Waals surface area contributed by atoms with Gasteiger partial charge >= 0.3 is 5.97 Å². The minimum Gasteiger partial charge on any atom is -0.468 e. The maximum absolute atomic E-state index is 11.0. The highest BCUT2D eigenvalue weighted by Crippen LogP contribution is 2.41. The number of esters is 1. The molecule has 62 valence electrons. The number of methoxy groups -OCH3 is 1. The number of rotatable bonds is 1. The van der Waals surface area contributed by atoms with Crippen LogP contribution >= 0.6 is 33.8 Å². The first-order chi connectivity index (χ1) is 5.16. The molecule has 2 atom stereocenters. The Morgan fingerprint density at radius 3 is 2.82 bits per heavy atom. The van der Waals surface area contributed by atoms with Crippen LogP contribution in [0.3, 0.4) is 0 Å². The summed E-state index contributed by atoms with van der Waals surface area (Å²) >= 11 is 4.92. The second-order valence-electron chi connectivity index (χ2n) is 1.96. The minimum atomic E-state index is -0.412. The zero-order valence-electron chi connectivity index (χ0n) is 5.77. The van der Waals surface area contributed by atoms with E-state index in [1.165, 1.54) is 28.7 Å². The molecule has 0 aromatic rings. The van der Waals surface area contributed by atoms with E-state index in [0.717, 1.165) is 0 Å². The average molecular weight is 209 g/mol. The second-order valence-corrected chi connectivity index (χ2v) is 5.08. The van der Waals surface area contributed by atoms with Gasteiger partial charge in [-0.15, -0.1) is 0 Å². The molecule has 11 heavy (non-hydrogen) atoms. The first-order valence-electron chi connectivity index (χ1n) is 2.87. The molecule has 1 rings (SSSR count). The third-order valence-electron chi connectivity index (χ3n) is 1.28. The van der Waals surface area contributed by atoms with E-state index in [1.54, 1.807) is 0 Å². The zero-order valence-corrected chi connectivity index (χ0v) is 8.22. The van der Waals surface area contributed by atoms with Gasteiger partial charge in [-0.25, -0.2) is 0 Å².